The number of hydrogen-bond acceptors (Lipinski definition) is 5. The average molecular weight is 342 g/mol. The van der Waals surface area contributed by atoms with Crippen molar-refractivity contribution < 1.29 is 8.42 Å². The first-order valence-electron chi connectivity index (χ1n) is 6.91. The van der Waals surface area contributed by atoms with Crippen molar-refractivity contribution in [1.29, 1.82) is 10.5 Å². The molecule has 6 nitrogen and oxygen atoms in total. The third-order valence-electron chi connectivity index (χ3n) is 3.05. The lowest BCUT2D eigenvalue weighted by atomic mass is 10.1. The largest absolute Gasteiger partial charge is 0.399 e. The topological polar surface area (TPSA) is 120 Å². The fraction of sp³-hybridized carbons (Fsp3) is 0.176. The first-order valence-corrected chi connectivity index (χ1v) is 8.80. The van der Waals surface area contributed by atoms with E-state index in [1.807, 2.05) is 19.1 Å². The molecule has 0 radical (unpaired) electrons. The highest BCUT2D eigenvalue weighted by Crippen LogP contribution is 2.16. The number of aryl methyl sites for hydroxylation is 2. The van der Waals surface area contributed by atoms with Gasteiger partial charge in [-0.25, -0.2) is 8.42 Å². The SMILES string of the molecule is Cc1cc(C#N)ccc1N.Cc1cc(C#N)ccc1NS(C)(=O)=O. The number of nitrogens with zero attached hydrogens (tertiary/aromatic N) is 2. The quantitative estimate of drug-likeness (QED) is 0.813. The van der Waals surface area contributed by atoms with E-state index in [1.165, 1.54) is 0 Å². The maximum Gasteiger partial charge on any atom is 0.229 e. The summed E-state index contributed by atoms with van der Waals surface area (Å²) in [6, 6.07) is 14.0. The van der Waals surface area contributed by atoms with Crippen molar-refractivity contribution >= 4 is 21.4 Å². The predicted molar refractivity (Wildman–Crippen MR) is 94.7 cm³/mol. The van der Waals surface area contributed by atoms with Crippen molar-refractivity contribution in [2.24, 2.45) is 0 Å². The molecule has 2 rings (SSSR count). The molecule has 0 unspecified atom stereocenters. The Kier molecular flexibility index (Phi) is 6.34. The fourth-order valence-electron chi connectivity index (χ4n) is 1.79. The minimum absolute atomic E-state index is 0.506. The summed E-state index contributed by atoms with van der Waals surface area (Å²) in [5, 5.41) is 17.1. The van der Waals surface area contributed by atoms with Crippen LogP contribution < -0.4 is 10.5 Å². The Balaban J connectivity index is 0.000000254. The molecule has 124 valence electrons. The molecule has 0 spiro atoms. The van der Waals surface area contributed by atoms with Gasteiger partial charge in [0.2, 0.25) is 10.0 Å². The van der Waals surface area contributed by atoms with Crippen molar-refractivity contribution in [3.05, 3.63) is 58.7 Å². The predicted octanol–water partition coefficient (Wildman–Crippen LogP) is 2.69. The molecule has 3 N–H and O–H groups in total. The van der Waals surface area contributed by atoms with Crippen LogP contribution in [0.5, 0.6) is 0 Å². The third-order valence-corrected chi connectivity index (χ3v) is 3.64. The van der Waals surface area contributed by atoms with Crippen LogP contribution in [0.4, 0.5) is 11.4 Å². The summed E-state index contributed by atoms with van der Waals surface area (Å²) in [6.07, 6.45) is 1.09. The summed E-state index contributed by atoms with van der Waals surface area (Å²) in [5.41, 5.74) is 9.64. The maximum absolute atomic E-state index is 10.9. The Hall–Kier alpha value is -3.03. The van der Waals surface area contributed by atoms with Gasteiger partial charge in [0.15, 0.2) is 0 Å². The van der Waals surface area contributed by atoms with Crippen LogP contribution in [0.15, 0.2) is 36.4 Å². The van der Waals surface area contributed by atoms with Crippen LogP contribution >= 0.6 is 0 Å². The number of nitrogens with one attached hydrogen (secondary N) is 1. The lowest BCUT2D eigenvalue weighted by molar-refractivity contribution is 0.607. The van der Waals surface area contributed by atoms with E-state index in [-0.39, 0.29) is 0 Å². The van der Waals surface area contributed by atoms with Crippen LogP contribution in [0.3, 0.4) is 0 Å². The van der Waals surface area contributed by atoms with Crippen LogP contribution in [0.1, 0.15) is 22.3 Å². The Labute approximate surface area is 142 Å². The van der Waals surface area contributed by atoms with Gasteiger partial charge in [0.05, 0.1) is 35.2 Å². The second-order valence-corrected chi connectivity index (χ2v) is 6.95. The molecule has 0 aliphatic rings. The van der Waals surface area contributed by atoms with E-state index >= 15 is 0 Å². The molecular weight excluding hydrogens is 324 g/mol. The zero-order chi connectivity index (χ0) is 18.3. The summed E-state index contributed by atoms with van der Waals surface area (Å²) in [5.74, 6) is 0. The van der Waals surface area contributed by atoms with Gasteiger partial charge in [-0.05, 0) is 61.4 Å². The number of rotatable bonds is 2. The Morgan fingerprint density at radius 1 is 0.958 bits per heavy atom. The van der Waals surface area contributed by atoms with Crippen LogP contribution in [0.2, 0.25) is 0 Å². The van der Waals surface area contributed by atoms with E-state index in [4.69, 9.17) is 16.3 Å². The van der Waals surface area contributed by atoms with Gasteiger partial charge in [0, 0.05) is 5.69 Å². The molecule has 7 heteroatoms. The Bertz CT molecular complexity index is 923. The molecule has 0 aliphatic heterocycles. The zero-order valence-corrected chi connectivity index (χ0v) is 14.5. The number of sulfonamides is 1. The first kappa shape index (κ1) is 19.0. The number of nitriles is 2. The van der Waals surface area contributed by atoms with Gasteiger partial charge in [0.1, 0.15) is 0 Å². The second kappa shape index (κ2) is 8.00. The smallest absolute Gasteiger partial charge is 0.229 e. The minimum Gasteiger partial charge on any atom is -0.399 e. The van der Waals surface area contributed by atoms with E-state index in [2.05, 4.69) is 4.72 Å². The number of nitrogen functional groups attached to an aromatic ring is 1. The summed E-state index contributed by atoms with van der Waals surface area (Å²) in [7, 11) is -3.25. The lowest BCUT2D eigenvalue weighted by Gasteiger charge is -2.06. The molecule has 0 heterocycles. The van der Waals surface area contributed by atoms with E-state index in [9.17, 15) is 8.42 Å². The fourth-order valence-corrected chi connectivity index (χ4v) is 2.42. The van der Waals surface area contributed by atoms with E-state index < -0.39 is 10.0 Å². The van der Waals surface area contributed by atoms with E-state index in [1.54, 1.807) is 43.3 Å². The van der Waals surface area contributed by atoms with Gasteiger partial charge in [-0.15, -0.1) is 0 Å². The monoisotopic (exact) mass is 342 g/mol. The van der Waals surface area contributed by atoms with Crippen LogP contribution in [-0.4, -0.2) is 14.7 Å². The highest BCUT2D eigenvalue weighted by atomic mass is 32.2. The standard InChI is InChI=1S/C9H10N2O2S.C8H8N2/c1-7-5-8(6-10)3-4-9(7)11-14(2,12)13;1-6-4-7(5-9)2-3-8(6)10/h3-5,11H,1-2H3;2-4H,10H2,1H3. The summed E-state index contributed by atoms with van der Waals surface area (Å²) in [6.45, 7) is 3.63. The molecule has 0 saturated heterocycles. The van der Waals surface area contributed by atoms with Gasteiger partial charge < -0.3 is 5.73 Å². The molecule has 2 aromatic carbocycles. The van der Waals surface area contributed by atoms with Crippen LogP contribution in [0.25, 0.3) is 0 Å². The van der Waals surface area contributed by atoms with Crippen LogP contribution in [-0.2, 0) is 10.0 Å². The molecule has 24 heavy (non-hydrogen) atoms. The van der Waals surface area contributed by atoms with Gasteiger partial charge in [-0.1, -0.05) is 0 Å². The van der Waals surface area contributed by atoms with Gasteiger partial charge in [-0.3, -0.25) is 4.72 Å². The van der Waals surface area contributed by atoms with E-state index in [0.717, 1.165) is 23.1 Å². The van der Waals surface area contributed by atoms with Crippen molar-refractivity contribution in [2.45, 2.75) is 13.8 Å². The molecule has 0 bridgehead atoms. The number of anilines is 2. The van der Waals surface area contributed by atoms with Crippen molar-refractivity contribution in [1.82, 2.24) is 0 Å². The molecule has 0 atom stereocenters. The summed E-state index contributed by atoms with van der Waals surface area (Å²) < 4.78 is 24.2. The normalized spacial score (nSPS) is 9.88. The molecule has 0 aliphatic carbocycles. The average Bonchev–Trinajstić information content (AvgIpc) is 2.51. The number of hydrogen-bond donors (Lipinski definition) is 2. The highest BCUT2D eigenvalue weighted by molar-refractivity contribution is 7.92. The van der Waals surface area contributed by atoms with Crippen molar-refractivity contribution in [3.8, 4) is 12.1 Å². The molecule has 2 aromatic rings. The molecule has 0 fully saturated rings. The van der Waals surface area contributed by atoms with Crippen molar-refractivity contribution in [3.63, 3.8) is 0 Å². The van der Waals surface area contributed by atoms with Gasteiger partial charge in [0.25, 0.3) is 0 Å². The molecular formula is C17H18N4O2S. The number of nitrogens with two attached hydrogens (primary N) is 1. The second-order valence-electron chi connectivity index (χ2n) is 5.20. The first-order chi connectivity index (χ1) is 11.2. The third kappa shape index (κ3) is 5.99. The molecule has 0 saturated carbocycles. The zero-order valence-electron chi connectivity index (χ0n) is 13.7. The number of benzene rings is 2. The van der Waals surface area contributed by atoms with Gasteiger partial charge >= 0.3 is 0 Å². The molecule has 0 amide bonds. The lowest BCUT2D eigenvalue weighted by Crippen LogP contribution is -2.10. The Morgan fingerprint density at radius 2 is 1.46 bits per heavy atom. The minimum atomic E-state index is -3.25. The summed E-state index contributed by atoms with van der Waals surface area (Å²) in [4.78, 5) is 0. The summed E-state index contributed by atoms with van der Waals surface area (Å²) >= 11 is 0. The highest BCUT2D eigenvalue weighted by Gasteiger charge is 2.04. The maximum atomic E-state index is 10.9. The van der Waals surface area contributed by atoms with Crippen LogP contribution in [0, 0.1) is 36.5 Å². The molecule has 0 aromatic heterocycles. The Morgan fingerprint density at radius 3 is 1.88 bits per heavy atom. The van der Waals surface area contributed by atoms with Gasteiger partial charge in [-0.2, -0.15) is 10.5 Å². The van der Waals surface area contributed by atoms with Crippen molar-refractivity contribution in [2.75, 3.05) is 16.7 Å². The van der Waals surface area contributed by atoms with E-state index in [0.29, 0.717) is 16.8 Å².